The lowest BCUT2D eigenvalue weighted by Crippen LogP contribution is -2.47. The van der Waals surface area contributed by atoms with E-state index in [-0.39, 0.29) is 24.4 Å². The Kier molecular flexibility index (Phi) is 6.70. The minimum atomic E-state index is -0.797. The van der Waals surface area contributed by atoms with E-state index < -0.39 is 11.8 Å². The van der Waals surface area contributed by atoms with Crippen molar-refractivity contribution in [1.29, 1.82) is 0 Å². The molecule has 1 aromatic rings. The average molecular weight is 364 g/mol. The molecule has 0 aliphatic heterocycles. The van der Waals surface area contributed by atoms with Crippen molar-refractivity contribution in [3.63, 3.8) is 0 Å². The molecule has 0 aromatic carbocycles. The van der Waals surface area contributed by atoms with Crippen molar-refractivity contribution >= 4 is 23.7 Å². The third-order valence-electron chi connectivity index (χ3n) is 4.76. The normalized spacial score (nSPS) is 19.9. The van der Waals surface area contributed by atoms with Crippen molar-refractivity contribution in [2.75, 3.05) is 19.4 Å². The highest BCUT2D eigenvalue weighted by Gasteiger charge is 2.30. The predicted octanol–water partition coefficient (Wildman–Crippen LogP) is 0.636. The van der Waals surface area contributed by atoms with E-state index in [4.69, 9.17) is 0 Å². The van der Waals surface area contributed by atoms with Crippen LogP contribution in [-0.2, 0) is 20.9 Å². The Morgan fingerprint density at radius 2 is 1.92 bits per heavy atom. The molecule has 1 heterocycles. The molecular weight excluding hydrogens is 336 g/mol. The molecule has 0 saturated heterocycles. The number of rotatable bonds is 5. The number of aromatic nitrogens is 3. The summed E-state index contributed by atoms with van der Waals surface area (Å²) in [5.74, 6) is -0.786. The highest BCUT2D eigenvalue weighted by atomic mass is 16.2. The van der Waals surface area contributed by atoms with Crippen LogP contribution in [0.25, 0.3) is 0 Å². The minimum absolute atomic E-state index is 0.000704. The van der Waals surface area contributed by atoms with Gasteiger partial charge in [0, 0.05) is 20.1 Å². The van der Waals surface area contributed by atoms with Crippen LogP contribution < -0.4 is 10.6 Å². The van der Waals surface area contributed by atoms with Gasteiger partial charge in [-0.15, -0.1) is 5.10 Å². The molecule has 3 amide bonds. The number of amides is 3. The molecule has 1 fully saturated rings. The summed E-state index contributed by atoms with van der Waals surface area (Å²) in [5, 5.41) is 9.22. The molecular formula is C17H28N6O3. The van der Waals surface area contributed by atoms with Crippen LogP contribution in [0.15, 0.2) is 6.33 Å². The Labute approximate surface area is 153 Å². The zero-order valence-electron chi connectivity index (χ0n) is 15.9. The molecule has 2 atom stereocenters. The number of nitrogens with zero attached hydrogens (tertiary/aromatic N) is 4. The van der Waals surface area contributed by atoms with Gasteiger partial charge in [-0.1, -0.05) is 26.7 Å². The predicted molar refractivity (Wildman–Crippen MR) is 96.1 cm³/mol. The van der Waals surface area contributed by atoms with Crippen LogP contribution in [0, 0.1) is 11.8 Å². The van der Waals surface area contributed by atoms with E-state index in [1.54, 1.807) is 14.1 Å². The maximum absolute atomic E-state index is 12.2. The van der Waals surface area contributed by atoms with Crippen molar-refractivity contribution in [3.8, 4) is 0 Å². The lowest BCUT2D eigenvalue weighted by Gasteiger charge is -2.34. The maximum atomic E-state index is 12.2. The molecule has 144 valence electrons. The maximum Gasteiger partial charge on any atom is 0.316 e. The van der Waals surface area contributed by atoms with Gasteiger partial charge in [0.1, 0.15) is 12.9 Å². The van der Waals surface area contributed by atoms with Crippen molar-refractivity contribution < 1.29 is 14.4 Å². The molecule has 2 N–H and O–H groups in total. The molecule has 0 radical (unpaired) electrons. The molecule has 26 heavy (non-hydrogen) atoms. The van der Waals surface area contributed by atoms with Gasteiger partial charge < -0.3 is 10.2 Å². The molecule has 1 aromatic heterocycles. The minimum Gasteiger partial charge on any atom is -0.347 e. The fraction of sp³-hybridized carbons (Fsp3) is 0.706. The number of hydrogen-bond donors (Lipinski definition) is 2. The summed E-state index contributed by atoms with van der Waals surface area (Å²) in [4.78, 5) is 41.3. The molecule has 2 rings (SSSR count). The van der Waals surface area contributed by atoms with Crippen molar-refractivity contribution in [2.24, 2.45) is 11.8 Å². The molecule has 0 unspecified atom stereocenters. The molecule has 9 heteroatoms. The SMILES string of the molecule is CC(C)[C@H]1CCCC[C@@H]1NC(=O)C(=O)Nc1ncn(CC(=O)N(C)C)n1. The van der Waals surface area contributed by atoms with Crippen LogP contribution in [-0.4, -0.2) is 57.5 Å². The third-order valence-corrected chi connectivity index (χ3v) is 4.76. The summed E-state index contributed by atoms with van der Waals surface area (Å²) in [7, 11) is 3.28. The van der Waals surface area contributed by atoms with Gasteiger partial charge in [-0.2, -0.15) is 0 Å². The summed E-state index contributed by atoms with van der Waals surface area (Å²) in [6.07, 6.45) is 5.51. The number of likely N-dealkylation sites (N-methyl/N-ethyl adjacent to an activating group) is 1. The number of carbonyl (C=O) groups is 3. The second kappa shape index (κ2) is 8.77. The van der Waals surface area contributed by atoms with Crippen molar-refractivity contribution in [2.45, 2.75) is 52.1 Å². The van der Waals surface area contributed by atoms with Crippen LogP contribution in [0.2, 0.25) is 0 Å². The van der Waals surface area contributed by atoms with Gasteiger partial charge in [0.05, 0.1) is 0 Å². The monoisotopic (exact) mass is 364 g/mol. The quantitative estimate of drug-likeness (QED) is 0.745. The van der Waals surface area contributed by atoms with Gasteiger partial charge in [-0.3, -0.25) is 19.7 Å². The van der Waals surface area contributed by atoms with Crippen LogP contribution in [0.4, 0.5) is 5.95 Å². The van der Waals surface area contributed by atoms with Gasteiger partial charge in [-0.05, 0) is 24.7 Å². The van der Waals surface area contributed by atoms with Gasteiger partial charge in [-0.25, -0.2) is 9.67 Å². The van der Waals surface area contributed by atoms with E-state index >= 15 is 0 Å². The van der Waals surface area contributed by atoms with Crippen LogP contribution in [0.3, 0.4) is 0 Å². The molecule has 1 aliphatic carbocycles. The summed E-state index contributed by atoms with van der Waals surface area (Å²) < 4.78 is 1.31. The molecule has 1 saturated carbocycles. The van der Waals surface area contributed by atoms with E-state index in [1.165, 1.54) is 15.9 Å². The highest BCUT2D eigenvalue weighted by Crippen LogP contribution is 2.30. The fourth-order valence-corrected chi connectivity index (χ4v) is 3.24. The smallest absolute Gasteiger partial charge is 0.316 e. The Bertz CT molecular complexity index is 655. The van der Waals surface area contributed by atoms with Crippen LogP contribution >= 0.6 is 0 Å². The molecule has 0 spiro atoms. The van der Waals surface area contributed by atoms with Crippen molar-refractivity contribution in [3.05, 3.63) is 6.33 Å². The van der Waals surface area contributed by atoms with Crippen LogP contribution in [0.5, 0.6) is 0 Å². The van der Waals surface area contributed by atoms with Crippen molar-refractivity contribution in [1.82, 2.24) is 25.0 Å². The van der Waals surface area contributed by atoms with Gasteiger partial charge >= 0.3 is 11.8 Å². The first-order chi connectivity index (χ1) is 12.3. The number of hydrogen-bond acceptors (Lipinski definition) is 5. The third kappa shape index (κ3) is 5.27. The number of anilines is 1. The first-order valence-corrected chi connectivity index (χ1v) is 8.99. The molecule has 1 aliphatic rings. The van der Waals surface area contributed by atoms with Gasteiger partial charge in [0.15, 0.2) is 0 Å². The zero-order chi connectivity index (χ0) is 19.3. The largest absolute Gasteiger partial charge is 0.347 e. The Hall–Kier alpha value is -2.45. The Morgan fingerprint density at radius 3 is 2.58 bits per heavy atom. The first-order valence-electron chi connectivity index (χ1n) is 8.99. The second-order valence-corrected chi connectivity index (χ2v) is 7.28. The molecule has 0 bridgehead atoms. The van der Waals surface area contributed by atoms with Gasteiger partial charge in [0.25, 0.3) is 0 Å². The Morgan fingerprint density at radius 1 is 1.23 bits per heavy atom. The first kappa shape index (κ1) is 19.9. The molecule has 9 nitrogen and oxygen atoms in total. The number of carbonyl (C=O) groups excluding carboxylic acids is 3. The Balaban J connectivity index is 1.90. The van der Waals surface area contributed by atoms with E-state index in [1.807, 2.05) is 0 Å². The van der Waals surface area contributed by atoms with E-state index in [0.717, 1.165) is 25.7 Å². The summed E-state index contributed by atoms with van der Waals surface area (Å²) >= 11 is 0. The fourth-order valence-electron chi connectivity index (χ4n) is 3.24. The van der Waals surface area contributed by atoms with E-state index in [0.29, 0.717) is 11.8 Å². The lowest BCUT2D eigenvalue weighted by molar-refractivity contribution is -0.137. The summed E-state index contributed by atoms with van der Waals surface area (Å²) in [5.41, 5.74) is 0. The zero-order valence-corrected chi connectivity index (χ0v) is 15.9. The van der Waals surface area contributed by atoms with E-state index in [2.05, 4.69) is 34.6 Å². The summed E-state index contributed by atoms with van der Waals surface area (Å²) in [6.45, 7) is 4.29. The lowest BCUT2D eigenvalue weighted by atomic mass is 9.78. The number of nitrogens with one attached hydrogen (secondary N) is 2. The topological polar surface area (TPSA) is 109 Å². The van der Waals surface area contributed by atoms with Crippen LogP contribution in [0.1, 0.15) is 39.5 Å². The second-order valence-electron chi connectivity index (χ2n) is 7.28. The highest BCUT2D eigenvalue weighted by molar-refractivity contribution is 6.39. The van der Waals surface area contributed by atoms with Gasteiger partial charge in [0.2, 0.25) is 11.9 Å². The standard InChI is InChI=1S/C17H28N6O3/c1-11(2)12-7-5-6-8-13(12)19-15(25)16(26)20-17-18-10-23(21-17)9-14(24)22(3)4/h10-13H,5-9H2,1-4H3,(H,19,25)(H,20,21,26)/t12-,13+/m1/s1. The summed E-state index contributed by atoms with van der Waals surface area (Å²) in [6, 6.07) is 0.0187. The average Bonchev–Trinajstić information content (AvgIpc) is 3.01. The van der Waals surface area contributed by atoms with E-state index in [9.17, 15) is 14.4 Å².